The number of fused-ring (bicyclic) bond motifs is 1. The molecule has 3 rings (SSSR count). The molecule has 0 aromatic carbocycles. The fraction of sp³-hybridized carbons (Fsp3) is 0.583. The third-order valence-electron chi connectivity index (χ3n) is 3.22. The first-order valence-corrected chi connectivity index (χ1v) is 7.13. The minimum Gasteiger partial charge on any atom is -0.375 e. The number of anilines is 1. The normalized spacial score (nSPS) is 20.8. The van der Waals surface area contributed by atoms with Crippen LogP contribution in [0.1, 0.15) is 12.6 Å². The van der Waals surface area contributed by atoms with Gasteiger partial charge in [-0.25, -0.2) is 4.98 Å². The quantitative estimate of drug-likeness (QED) is 0.910. The van der Waals surface area contributed by atoms with Gasteiger partial charge in [-0.15, -0.1) is 11.3 Å². The van der Waals surface area contributed by atoms with Gasteiger partial charge in [0.2, 0.25) is 0 Å². The van der Waals surface area contributed by atoms with E-state index in [0.29, 0.717) is 0 Å². The number of nitrogens with one attached hydrogen (secondary N) is 1. The summed E-state index contributed by atoms with van der Waals surface area (Å²) in [4.78, 5) is 8.16. The number of hydrogen-bond acceptors (Lipinski definition) is 5. The fourth-order valence-corrected chi connectivity index (χ4v) is 3.14. The summed E-state index contributed by atoms with van der Waals surface area (Å²) in [6, 6.07) is 0. The predicted molar refractivity (Wildman–Crippen MR) is 73.5 cm³/mol. The van der Waals surface area contributed by atoms with Gasteiger partial charge in [-0.3, -0.25) is 4.40 Å². The van der Waals surface area contributed by atoms with E-state index in [1.165, 1.54) is 5.69 Å². The van der Waals surface area contributed by atoms with E-state index in [4.69, 9.17) is 9.72 Å². The van der Waals surface area contributed by atoms with Crippen molar-refractivity contribution >= 4 is 22.1 Å². The molecular weight excluding hydrogens is 248 g/mol. The third kappa shape index (κ3) is 2.00. The van der Waals surface area contributed by atoms with Crippen LogP contribution in [0.2, 0.25) is 0 Å². The zero-order valence-corrected chi connectivity index (χ0v) is 11.5. The van der Waals surface area contributed by atoms with Crippen LogP contribution in [0.3, 0.4) is 0 Å². The smallest absolute Gasteiger partial charge is 0.195 e. The van der Waals surface area contributed by atoms with Crippen molar-refractivity contribution < 1.29 is 4.74 Å². The van der Waals surface area contributed by atoms with Gasteiger partial charge in [-0.2, -0.15) is 0 Å². The van der Waals surface area contributed by atoms with E-state index in [2.05, 4.69) is 33.1 Å². The summed E-state index contributed by atoms with van der Waals surface area (Å²) in [5.41, 5.74) is 1.24. The van der Waals surface area contributed by atoms with Crippen molar-refractivity contribution in [1.82, 2.24) is 14.7 Å². The summed E-state index contributed by atoms with van der Waals surface area (Å²) >= 11 is 1.68. The molecule has 6 heteroatoms. The van der Waals surface area contributed by atoms with E-state index in [1.54, 1.807) is 11.3 Å². The van der Waals surface area contributed by atoms with Crippen LogP contribution in [-0.2, 0) is 11.3 Å². The highest BCUT2D eigenvalue weighted by Crippen LogP contribution is 2.26. The van der Waals surface area contributed by atoms with Gasteiger partial charge in [0.05, 0.1) is 18.4 Å². The molecule has 18 heavy (non-hydrogen) atoms. The lowest BCUT2D eigenvalue weighted by Gasteiger charge is -2.32. The van der Waals surface area contributed by atoms with Crippen molar-refractivity contribution in [1.29, 1.82) is 0 Å². The number of aromatic nitrogens is 2. The number of hydrogen-bond donors (Lipinski definition) is 1. The standard InChI is InChI=1S/C12H18N4OS/c1-9-8-15(3-5-17-9)11-10(7-13-2)16-4-6-18-12(16)14-11/h4,6,9,13H,3,5,7-8H2,1-2H3. The van der Waals surface area contributed by atoms with Crippen molar-refractivity contribution in [2.45, 2.75) is 19.6 Å². The van der Waals surface area contributed by atoms with E-state index in [9.17, 15) is 0 Å². The second-order valence-electron chi connectivity index (χ2n) is 4.60. The molecule has 0 spiro atoms. The van der Waals surface area contributed by atoms with Crippen molar-refractivity contribution in [2.24, 2.45) is 0 Å². The molecule has 2 aromatic heterocycles. The number of imidazole rings is 1. The van der Waals surface area contributed by atoms with E-state index < -0.39 is 0 Å². The average molecular weight is 266 g/mol. The van der Waals surface area contributed by atoms with E-state index in [1.807, 2.05) is 7.05 Å². The molecule has 3 heterocycles. The summed E-state index contributed by atoms with van der Waals surface area (Å²) in [5, 5.41) is 5.31. The molecule has 98 valence electrons. The van der Waals surface area contributed by atoms with Gasteiger partial charge in [0.1, 0.15) is 0 Å². The molecule has 0 bridgehead atoms. The predicted octanol–water partition coefficient (Wildman–Crippen LogP) is 1.34. The molecule has 1 unspecified atom stereocenters. The topological polar surface area (TPSA) is 41.8 Å². The first-order valence-electron chi connectivity index (χ1n) is 6.25. The Labute approximate surface area is 110 Å². The number of thiazole rings is 1. The van der Waals surface area contributed by atoms with Crippen molar-refractivity contribution in [2.75, 3.05) is 31.6 Å². The van der Waals surface area contributed by atoms with Crippen LogP contribution in [0.4, 0.5) is 5.82 Å². The van der Waals surface area contributed by atoms with Gasteiger partial charge in [-0.1, -0.05) is 0 Å². The number of nitrogens with zero attached hydrogens (tertiary/aromatic N) is 3. The Hall–Kier alpha value is -1.11. The Bertz CT molecular complexity index is 535. The summed E-state index contributed by atoms with van der Waals surface area (Å²) < 4.78 is 7.77. The van der Waals surface area contributed by atoms with E-state index in [-0.39, 0.29) is 6.10 Å². The molecule has 0 saturated carbocycles. The molecule has 0 aliphatic carbocycles. The molecule has 1 aliphatic heterocycles. The summed E-state index contributed by atoms with van der Waals surface area (Å²) in [7, 11) is 1.97. The molecule has 2 aromatic rings. The minimum atomic E-state index is 0.279. The molecule has 0 amide bonds. The Balaban J connectivity index is 1.98. The zero-order chi connectivity index (χ0) is 12.5. The molecule has 1 N–H and O–H groups in total. The first-order chi connectivity index (χ1) is 8.79. The summed E-state index contributed by atoms with van der Waals surface area (Å²) in [6.07, 6.45) is 2.37. The Morgan fingerprint density at radius 2 is 2.50 bits per heavy atom. The van der Waals surface area contributed by atoms with Crippen LogP contribution >= 0.6 is 11.3 Å². The van der Waals surface area contributed by atoms with Crippen LogP contribution in [0, 0.1) is 0 Å². The second kappa shape index (κ2) is 4.87. The van der Waals surface area contributed by atoms with Crippen molar-refractivity contribution in [3.63, 3.8) is 0 Å². The molecule has 1 fully saturated rings. The molecule has 1 atom stereocenters. The zero-order valence-electron chi connectivity index (χ0n) is 10.7. The van der Waals surface area contributed by atoms with Gasteiger partial charge in [0.25, 0.3) is 0 Å². The lowest BCUT2D eigenvalue weighted by Crippen LogP contribution is -2.41. The third-order valence-corrected chi connectivity index (χ3v) is 3.98. The van der Waals surface area contributed by atoms with E-state index >= 15 is 0 Å². The van der Waals surface area contributed by atoms with Crippen molar-refractivity contribution in [3.8, 4) is 0 Å². The summed E-state index contributed by atoms with van der Waals surface area (Å²) in [5.74, 6) is 1.10. The highest BCUT2D eigenvalue weighted by atomic mass is 32.1. The lowest BCUT2D eigenvalue weighted by molar-refractivity contribution is 0.0529. The van der Waals surface area contributed by atoms with Crippen LogP contribution < -0.4 is 10.2 Å². The van der Waals surface area contributed by atoms with Crippen molar-refractivity contribution in [3.05, 3.63) is 17.3 Å². The van der Waals surface area contributed by atoms with Crippen LogP contribution in [0.25, 0.3) is 4.96 Å². The maximum absolute atomic E-state index is 5.60. The highest BCUT2D eigenvalue weighted by molar-refractivity contribution is 7.15. The molecule has 5 nitrogen and oxygen atoms in total. The van der Waals surface area contributed by atoms with Crippen LogP contribution in [0.5, 0.6) is 0 Å². The molecule has 1 aliphatic rings. The monoisotopic (exact) mass is 266 g/mol. The van der Waals surface area contributed by atoms with Gasteiger partial charge >= 0.3 is 0 Å². The van der Waals surface area contributed by atoms with Gasteiger partial charge in [0.15, 0.2) is 10.8 Å². The summed E-state index contributed by atoms with van der Waals surface area (Å²) in [6.45, 7) is 5.57. The van der Waals surface area contributed by atoms with Gasteiger partial charge in [0, 0.05) is 31.2 Å². The van der Waals surface area contributed by atoms with Crippen LogP contribution in [0.15, 0.2) is 11.6 Å². The highest BCUT2D eigenvalue weighted by Gasteiger charge is 2.23. The largest absolute Gasteiger partial charge is 0.375 e. The van der Waals surface area contributed by atoms with E-state index in [0.717, 1.165) is 37.0 Å². The fourth-order valence-electron chi connectivity index (χ4n) is 2.42. The Kier molecular flexibility index (Phi) is 3.23. The Morgan fingerprint density at radius 3 is 3.28 bits per heavy atom. The number of morpholine rings is 1. The van der Waals surface area contributed by atoms with Gasteiger partial charge < -0.3 is 15.0 Å². The minimum absolute atomic E-state index is 0.279. The number of ether oxygens (including phenoxy) is 1. The second-order valence-corrected chi connectivity index (χ2v) is 5.47. The van der Waals surface area contributed by atoms with Gasteiger partial charge in [-0.05, 0) is 14.0 Å². The molecule has 0 radical (unpaired) electrons. The first kappa shape index (κ1) is 12.0. The maximum atomic E-state index is 5.60. The number of rotatable bonds is 3. The molecular formula is C12H18N4OS. The lowest BCUT2D eigenvalue weighted by atomic mass is 10.3. The van der Waals surface area contributed by atoms with Crippen LogP contribution in [-0.4, -0.2) is 42.2 Å². The average Bonchev–Trinajstić information content (AvgIpc) is 2.92. The maximum Gasteiger partial charge on any atom is 0.195 e. The molecule has 1 saturated heterocycles. The SMILES string of the molecule is CNCc1c(N2CCOC(C)C2)nc2sccn12. The Morgan fingerprint density at radius 1 is 1.61 bits per heavy atom.